The number of para-hydroxylation sites is 1. The Hall–Kier alpha value is -3.36. The lowest BCUT2D eigenvalue weighted by Crippen LogP contribution is -2.22. The number of alkyl halides is 1. The molecule has 0 saturated heterocycles. The number of halogens is 1. The molecule has 0 aliphatic carbocycles. The van der Waals surface area contributed by atoms with E-state index >= 15 is 0 Å². The summed E-state index contributed by atoms with van der Waals surface area (Å²) < 4.78 is 35.6. The molecule has 1 N–H and O–H groups in total. The maximum atomic E-state index is 12.6. The predicted molar refractivity (Wildman–Crippen MR) is 123 cm³/mol. The average molecular weight is 473 g/mol. The van der Waals surface area contributed by atoms with Crippen molar-refractivity contribution in [1.29, 1.82) is 0 Å². The van der Waals surface area contributed by atoms with Gasteiger partial charge in [-0.15, -0.1) is 11.6 Å². The van der Waals surface area contributed by atoms with E-state index in [9.17, 15) is 13.2 Å². The van der Waals surface area contributed by atoms with E-state index in [4.69, 9.17) is 20.5 Å². The number of ether oxygens (including phenoxy) is 1. The van der Waals surface area contributed by atoms with Gasteiger partial charge in [0.15, 0.2) is 5.75 Å². The van der Waals surface area contributed by atoms with Crippen molar-refractivity contribution in [2.75, 3.05) is 7.11 Å². The Morgan fingerprint density at radius 2 is 1.78 bits per heavy atom. The summed E-state index contributed by atoms with van der Waals surface area (Å²) in [7, 11) is -2.51. The second-order valence-electron chi connectivity index (χ2n) is 6.76. The number of hydrazone groups is 1. The van der Waals surface area contributed by atoms with Crippen LogP contribution in [0.25, 0.3) is 0 Å². The van der Waals surface area contributed by atoms with Crippen LogP contribution in [0.4, 0.5) is 0 Å². The first-order valence-electron chi connectivity index (χ1n) is 9.51. The second kappa shape index (κ2) is 10.3. The van der Waals surface area contributed by atoms with Crippen molar-refractivity contribution >= 4 is 33.8 Å². The third-order valence-electron chi connectivity index (χ3n) is 4.42. The number of hydrogen-bond donors (Lipinski definition) is 1. The number of carbonyl (C=O) groups excluding carboxylic acids is 1. The van der Waals surface area contributed by atoms with Crippen LogP contribution in [0.5, 0.6) is 11.5 Å². The van der Waals surface area contributed by atoms with Crippen molar-refractivity contribution in [3.63, 3.8) is 0 Å². The van der Waals surface area contributed by atoms with Gasteiger partial charge < -0.3 is 8.92 Å². The van der Waals surface area contributed by atoms with Gasteiger partial charge in [-0.3, -0.25) is 4.79 Å². The maximum absolute atomic E-state index is 12.6. The lowest BCUT2D eigenvalue weighted by molar-refractivity contribution is -0.120. The number of carbonyl (C=O) groups is 1. The van der Waals surface area contributed by atoms with Gasteiger partial charge in [-0.2, -0.15) is 13.5 Å². The topological polar surface area (TPSA) is 94.1 Å². The Morgan fingerprint density at radius 1 is 1.06 bits per heavy atom. The van der Waals surface area contributed by atoms with Gasteiger partial charge >= 0.3 is 10.1 Å². The smallest absolute Gasteiger partial charge is 0.339 e. The molecule has 32 heavy (non-hydrogen) atoms. The highest BCUT2D eigenvalue weighted by atomic mass is 35.5. The van der Waals surface area contributed by atoms with Crippen LogP contribution in [0, 0.1) is 6.92 Å². The quantitative estimate of drug-likeness (QED) is 0.229. The van der Waals surface area contributed by atoms with Crippen LogP contribution in [0.1, 0.15) is 22.1 Å². The fraction of sp³-hybridized carbons (Fsp3) is 0.130. The number of rotatable bonds is 8. The largest absolute Gasteiger partial charge is 0.497 e. The number of hydrogen-bond acceptors (Lipinski definition) is 6. The molecule has 0 aromatic heterocycles. The molecule has 9 heteroatoms. The summed E-state index contributed by atoms with van der Waals surface area (Å²) in [4.78, 5) is 12.4. The first-order valence-corrected chi connectivity index (χ1v) is 11.4. The number of nitrogens with one attached hydrogen (secondary N) is 1. The fourth-order valence-electron chi connectivity index (χ4n) is 2.71. The van der Waals surface area contributed by atoms with Crippen LogP contribution < -0.4 is 14.3 Å². The molecule has 0 saturated carbocycles. The van der Waals surface area contributed by atoms with E-state index < -0.39 is 21.4 Å². The molecule has 0 aliphatic rings. The molecule has 0 fully saturated rings. The molecular formula is C23H21ClN2O5S. The molecule has 0 aliphatic heterocycles. The summed E-state index contributed by atoms with van der Waals surface area (Å²) in [6.07, 6.45) is 1.28. The van der Waals surface area contributed by atoms with Crippen LogP contribution in [0.2, 0.25) is 0 Å². The zero-order valence-corrected chi connectivity index (χ0v) is 18.9. The summed E-state index contributed by atoms with van der Waals surface area (Å²) in [5, 5.41) is 2.90. The van der Waals surface area contributed by atoms with Gasteiger partial charge in [-0.1, -0.05) is 42.0 Å². The third-order valence-corrected chi connectivity index (χ3v) is 6.12. The van der Waals surface area contributed by atoms with Crippen molar-refractivity contribution in [3.8, 4) is 11.5 Å². The SMILES string of the molecule is COc1cccc(C(Cl)C(=O)N/N=C/c2ccccc2OS(=O)(=O)c2ccc(C)cc2)c1. The van der Waals surface area contributed by atoms with E-state index in [2.05, 4.69) is 10.5 Å². The van der Waals surface area contributed by atoms with Crippen molar-refractivity contribution in [3.05, 3.63) is 89.5 Å². The first-order chi connectivity index (χ1) is 15.3. The summed E-state index contributed by atoms with van der Waals surface area (Å²) in [6, 6.07) is 19.6. The average Bonchev–Trinajstić information content (AvgIpc) is 2.79. The highest BCUT2D eigenvalue weighted by Crippen LogP contribution is 2.25. The van der Waals surface area contributed by atoms with Gasteiger partial charge in [-0.05, 0) is 48.9 Å². The molecule has 1 unspecified atom stereocenters. The summed E-state index contributed by atoms with van der Waals surface area (Å²) in [5.74, 6) is 0.0912. The molecule has 1 amide bonds. The van der Waals surface area contributed by atoms with Gasteiger partial charge in [0, 0.05) is 5.56 Å². The predicted octanol–water partition coefficient (Wildman–Crippen LogP) is 4.20. The number of amides is 1. The van der Waals surface area contributed by atoms with E-state index in [-0.39, 0.29) is 10.6 Å². The second-order valence-corrected chi connectivity index (χ2v) is 8.74. The van der Waals surface area contributed by atoms with Crippen LogP contribution in [-0.4, -0.2) is 27.6 Å². The van der Waals surface area contributed by atoms with Gasteiger partial charge in [-0.25, -0.2) is 5.43 Å². The zero-order valence-electron chi connectivity index (χ0n) is 17.4. The van der Waals surface area contributed by atoms with Crippen LogP contribution in [0.15, 0.2) is 82.8 Å². The minimum Gasteiger partial charge on any atom is -0.497 e. The number of methoxy groups -OCH3 is 1. The monoisotopic (exact) mass is 472 g/mol. The molecule has 0 bridgehead atoms. The minimum atomic E-state index is -4.03. The molecule has 166 valence electrons. The lowest BCUT2D eigenvalue weighted by atomic mass is 10.1. The molecular weight excluding hydrogens is 452 g/mol. The molecule has 3 rings (SSSR count). The minimum absolute atomic E-state index is 0.0337. The van der Waals surface area contributed by atoms with E-state index in [1.807, 2.05) is 6.92 Å². The molecule has 0 heterocycles. The lowest BCUT2D eigenvalue weighted by Gasteiger charge is -2.10. The van der Waals surface area contributed by atoms with Crippen LogP contribution in [0.3, 0.4) is 0 Å². The van der Waals surface area contributed by atoms with Crippen LogP contribution >= 0.6 is 11.6 Å². The molecule has 7 nitrogen and oxygen atoms in total. The Bertz CT molecular complexity index is 1230. The van der Waals surface area contributed by atoms with E-state index in [1.54, 1.807) is 54.6 Å². The van der Waals surface area contributed by atoms with Gasteiger partial charge in [0.1, 0.15) is 16.0 Å². The Balaban J connectivity index is 1.71. The Morgan fingerprint density at radius 3 is 2.50 bits per heavy atom. The standard InChI is InChI=1S/C23H21ClN2O5S/c1-16-10-12-20(13-11-16)32(28,29)31-21-9-4-3-6-18(21)15-25-26-23(27)22(24)17-7-5-8-19(14-17)30-2/h3-15,22H,1-2H3,(H,26,27)/b25-15+. The number of benzene rings is 3. The molecule has 3 aromatic carbocycles. The molecule has 3 aromatic rings. The highest BCUT2D eigenvalue weighted by molar-refractivity contribution is 7.87. The van der Waals surface area contributed by atoms with Crippen LogP contribution in [-0.2, 0) is 14.9 Å². The molecule has 0 spiro atoms. The normalized spacial score (nSPS) is 12.3. The zero-order chi connectivity index (χ0) is 23.1. The first kappa shape index (κ1) is 23.3. The van der Waals surface area contributed by atoms with E-state index in [0.717, 1.165) is 5.56 Å². The maximum Gasteiger partial charge on any atom is 0.339 e. The fourth-order valence-corrected chi connectivity index (χ4v) is 3.85. The third kappa shape index (κ3) is 5.87. The van der Waals surface area contributed by atoms with E-state index in [1.165, 1.54) is 31.5 Å². The van der Waals surface area contributed by atoms with E-state index in [0.29, 0.717) is 16.9 Å². The van der Waals surface area contributed by atoms with Gasteiger partial charge in [0.05, 0.1) is 13.3 Å². The summed E-state index contributed by atoms with van der Waals surface area (Å²) >= 11 is 6.22. The van der Waals surface area contributed by atoms with Crippen molar-refractivity contribution in [2.45, 2.75) is 17.2 Å². The molecule has 0 radical (unpaired) electrons. The Labute approximate surface area is 191 Å². The van der Waals surface area contributed by atoms with Crippen molar-refractivity contribution in [1.82, 2.24) is 5.43 Å². The van der Waals surface area contributed by atoms with Crippen molar-refractivity contribution in [2.24, 2.45) is 5.10 Å². The number of aryl methyl sites for hydroxylation is 1. The summed E-state index contributed by atoms with van der Waals surface area (Å²) in [5.41, 5.74) is 4.18. The Kier molecular flexibility index (Phi) is 7.50. The van der Waals surface area contributed by atoms with Gasteiger partial charge in [0.25, 0.3) is 5.91 Å². The number of nitrogens with zero attached hydrogens (tertiary/aromatic N) is 1. The van der Waals surface area contributed by atoms with Gasteiger partial charge in [0.2, 0.25) is 0 Å². The summed E-state index contributed by atoms with van der Waals surface area (Å²) in [6.45, 7) is 1.86. The molecule has 1 atom stereocenters. The van der Waals surface area contributed by atoms with Crippen molar-refractivity contribution < 1.29 is 22.1 Å². The highest BCUT2D eigenvalue weighted by Gasteiger charge is 2.19.